The summed E-state index contributed by atoms with van der Waals surface area (Å²) in [5, 5.41) is 11.0. The van der Waals surface area contributed by atoms with Gasteiger partial charge in [-0.15, -0.1) is 21.5 Å². The van der Waals surface area contributed by atoms with Crippen LogP contribution in [0.25, 0.3) is 15.9 Å². The number of aryl methyl sites for hydroxylation is 2. The van der Waals surface area contributed by atoms with Crippen molar-refractivity contribution in [2.24, 2.45) is 0 Å². The number of nitrogens with zero attached hydrogens (tertiary/aromatic N) is 5. The third kappa shape index (κ3) is 2.83. The number of rotatable bonds is 5. The molecule has 3 heterocycles. The lowest BCUT2D eigenvalue weighted by Gasteiger charge is -2.10. The van der Waals surface area contributed by atoms with Crippen LogP contribution < -0.4 is 0 Å². The number of hydrogen-bond donors (Lipinski definition) is 0. The molecule has 0 atom stereocenters. The molecule has 1 aliphatic rings. The molecular formula is C16H21N5S3. The highest BCUT2D eigenvalue weighted by Crippen LogP contribution is 2.39. The number of thioether (sulfide) groups is 2. The first-order valence-corrected chi connectivity index (χ1v) is 11.2. The Morgan fingerprint density at radius 1 is 1.17 bits per heavy atom. The summed E-state index contributed by atoms with van der Waals surface area (Å²) in [4.78, 5) is 8.70. The Labute approximate surface area is 154 Å². The molecule has 0 unspecified atom stereocenters. The lowest BCUT2D eigenvalue weighted by molar-refractivity contribution is 0.437. The van der Waals surface area contributed by atoms with Crippen LogP contribution in [0.5, 0.6) is 0 Å². The fraction of sp³-hybridized carbons (Fsp3) is 0.562. The molecule has 0 fully saturated rings. The number of fused-ring (bicyclic) bond motifs is 5. The van der Waals surface area contributed by atoms with Crippen molar-refractivity contribution in [2.75, 3.05) is 32.6 Å². The summed E-state index contributed by atoms with van der Waals surface area (Å²) in [6.45, 7) is 1.02. The smallest absolute Gasteiger partial charge is 0.197 e. The quantitative estimate of drug-likeness (QED) is 0.499. The van der Waals surface area contributed by atoms with Crippen LogP contribution in [-0.4, -0.2) is 57.1 Å². The molecule has 0 radical (unpaired) electrons. The highest BCUT2D eigenvalue weighted by molar-refractivity contribution is 7.99. The maximum atomic E-state index is 5.00. The second-order valence-electron chi connectivity index (χ2n) is 6.28. The van der Waals surface area contributed by atoms with E-state index in [1.807, 2.05) is 11.3 Å². The zero-order valence-electron chi connectivity index (χ0n) is 14.2. The fourth-order valence-corrected chi connectivity index (χ4v) is 6.04. The maximum absolute atomic E-state index is 5.00. The van der Waals surface area contributed by atoms with Crippen LogP contribution in [0.4, 0.5) is 0 Å². The van der Waals surface area contributed by atoms with Crippen molar-refractivity contribution in [1.29, 1.82) is 0 Å². The van der Waals surface area contributed by atoms with Gasteiger partial charge in [0.05, 0.1) is 10.2 Å². The van der Waals surface area contributed by atoms with E-state index in [-0.39, 0.29) is 0 Å². The minimum atomic E-state index is 0.956. The Balaban J connectivity index is 1.84. The van der Waals surface area contributed by atoms with Gasteiger partial charge >= 0.3 is 0 Å². The molecule has 0 aliphatic heterocycles. The molecule has 0 N–H and O–H groups in total. The average molecular weight is 380 g/mol. The zero-order valence-corrected chi connectivity index (χ0v) is 16.7. The van der Waals surface area contributed by atoms with Crippen molar-refractivity contribution in [1.82, 2.24) is 24.5 Å². The molecule has 0 aromatic carbocycles. The van der Waals surface area contributed by atoms with Gasteiger partial charge in [-0.25, -0.2) is 9.38 Å². The minimum absolute atomic E-state index is 0.956. The van der Waals surface area contributed by atoms with Gasteiger partial charge in [-0.2, -0.15) is 0 Å². The van der Waals surface area contributed by atoms with Crippen LogP contribution in [-0.2, 0) is 12.8 Å². The van der Waals surface area contributed by atoms with E-state index in [1.165, 1.54) is 39.9 Å². The van der Waals surface area contributed by atoms with Gasteiger partial charge in [-0.05, 0) is 51.6 Å². The standard InChI is InChI=1S/C16H21N5S3/c1-20(2)8-9-23-16-19-18-14-13-12(17-15(22-3)21(14)16)10-6-4-5-7-11(10)24-13/h4-9H2,1-3H3. The van der Waals surface area contributed by atoms with Gasteiger partial charge in [-0.3, -0.25) is 0 Å². The van der Waals surface area contributed by atoms with E-state index in [2.05, 4.69) is 39.8 Å². The molecule has 4 rings (SSSR count). The Hall–Kier alpha value is -0.830. The van der Waals surface area contributed by atoms with Crippen molar-refractivity contribution in [3.05, 3.63) is 10.4 Å². The van der Waals surface area contributed by atoms with Crippen LogP contribution in [0.3, 0.4) is 0 Å². The van der Waals surface area contributed by atoms with Gasteiger partial charge in [0.15, 0.2) is 16.0 Å². The molecule has 0 saturated heterocycles. The van der Waals surface area contributed by atoms with Gasteiger partial charge in [0.1, 0.15) is 0 Å². The summed E-state index contributed by atoms with van der Waals surface area (Å²) in [6.07, 6.45) is 7.00. The number of thiophene rings is 1. The van der Waals surface area contributed by atoms with Crippen LogP contribution in [0.1, 0.15) is 23.3 Å². The monoisotopic (exact) mass is 379 g/mol. The van der Waals surface area contributed by atoms with Gasteiger partial charge in [-0.1, -0.05) is 23.5 Å². The SMILES string of the molecule is CSc1nc2c3c(sc2c2nnc(SCCN(C)C)n12)CCCC3. The Morgan fingerprint density at radius 2 is 2.00 bits per heavy atom. The van der Waals surface area contributed by atoms with Crippen LogP contribution in [0, 0.1) is 0 Å². The summed E-state index contributed by atoms with van der Waals surface area (Å²) in [6, 6.07) is 0. The van der Waals surface area contributed by atoms with E-state index in [0.717, 1.165) is 34.7 Å². The maximum Gasteiger partial charge on any atom is 0.197 e. The van der Waals surface area contributed by atoms with E-state index in [4.69, 9.17) is 4.98 Å². The van der Waals surface area contributed by atoms with E-state index < -0.39 is 0 Å². The van der Waals surface area contributed by atoms with Crippen molar-refractivity contribution >= 4 is 50.7 Å². The average Bonchev–Trinajstić information content (AvgIpc) is 3.15. The Kier molecular flexibility index (Phi) is 4.73. The third-order valence-electron chi connectivity index (χ3n) is 4.33. The predicted molar refractivity (Wildman–Crippen MR) is 104 cm³/mol. The molecule has 3 aromatic heterocycles. The summed E-state index contributed by atoms with van der Waals surface area (Å²) in [7, 11) is 4.19. The number of hydrogen-bond acceptors (Lipinski definition) is 7. The van der Waals surface area contributed by atoms with Gasteiger partial charge < -0.3 is 4.90 Å². The van der Waals surface area contributed by atoms with Crippen LogP contribution in [0.15, 0.2) is 10.3 Å². The summed E-state index contributed by atoms with van der Waals surface area (Å²) in [5.41, 5.74) is 3.61. The first-order valence-electron chi connectivity index (χ1n) is 8.20. The summed E-state index contributed by atoms with van der Waals surface area (Å²) >= 11 is 5.31. The number of aromatic nitrogens is 4. The molecule has 0 bridgehead atoms. The molecule has 0 spiro atoms. The molecule has 5 nitrogen and oxygen atoms in total. The molecule has 8 heteroatoms. The first-order chi connectivity index (χ1) is 11.7. The molecule has 3 aromatic rings. The summed E-state index contributed by atoms with van der Waals surface area (Å²) < 4.78 is 3.36. The van der Waals surface area contributed by atoms with E-state index >= 15 is 0 Å². The third-order valence-corrected chi connectivity index (χ3v) is 7.16. The largest absolute Gasteiger partial charge is 0.309 e. The van der Waals surface area contributed by atoms with Gasteiger partial charge in [0.2, 0.25) is 0 Å². The van der Waals surface area contributed by atoms with Crippen molar-refractivity contribution < 1.29 is 0 Å². The van der Waals surface area contributed by atoms with Crippen molar-refractivity contribution in [2.45, 2.75) is 36.0 Å². The minimum Gasteiger partial charge on any atom is -0.309 e. The van der Waals surface area contributed by atoms with E-state index in [9.17, 15) is 0 Å². The molecule has 24 heavy (non-hydrogen) atoms. The molecule has 1 aliphatic carbocycles. The van der Waals surface area contributed by atoms with E-state index in [0.29, 0.717) is 0 Å². The van der Waals surface area contributed by atoms with E-state index in [1.54, 1.807) is 23.5 Å². The van der Waals surface area contributed by atoms with Crippen LogP contribution in [0.2, 0.25) is 0 Å². The van der Waals surface area contributed by atoms with Crippen molar-refractivity contribution in [3.63, 3.8) is 0 Å². The van der Waals surface area contributed by atoms with Crippen LogP contribution >= 0.6 is 34.9 Å². The second-order valence-corrected chi connectivity index (χ2v) is 9.22. The lowest BCUT2D eigenvalue weighted by Crippen LogP contribution is -2.15. The molecule has 0 amide bonds. The van der Waals surface area contributed by atoms with Gasteiger partial charge in [0.25, 0.3) is 0 Å². The lowest BCUT2D eigenvalue weighted by atomic mass is 9.98. The topological polar surface area (TPSA) is 46.3 Å². The summed E-state index contributed by atoms with van der Waals surface area (Å²) in [5.74, 6) is 1.00. The normalized spacial score (nSPS) is 14.8. The predicted octanol–water partition coefficient (Wildman–Crippen LogP) is 3.59. The zero-order chi connectivity index (χ0) is 16.7. The Morgan fingerprint density at radius 3 is 2.79 bits per heavy atom. The second kappa shape index (κ2) is 6.82. The highest BCUT2D eigenvalue weighted by Gasteiger charge is 2.22. The fourth-order valence-electron chi connectivity index (χ4n) is 3.10. The van der Waals surface area contributed by atoms with Crippen molar-refractivity contribution in [3.8, 4) is 0 Å². The molecule has 128 valence electrons. The molecular weight excluding hydrogens is 358 g/mol. The molecule has 0 saturated carbocycles. The van der Waals surface area contributed by atoms with Gasteiger partial charge in [0, 0.05) is 17.2 Å². The highest BCUT2D eigenvalue weighted by atomic mass is 32.2. The Bertz CT molecular complexity index is 883. The first kappa shape index (κ1) is 16.6.